The molecule has 1 aliphatic heterocycles. The molecular weight excluding hydrogens is 318 g/mol. The summed E-state index contributed by atoms with van der Waals surface area (Å²) in [5, 5.41) is 3.28. The van der Waals surface area contributed by atoms with E-state index in [1.165, 1.54) is 6.92 Å². The molecule has 0 saturated heterocycles. The first-order valence-corrected chi connectivity index (χ1v) is 8.25. The summed E-state index contributed by atoms with van der Waals surface area (Å²) in [5.74, 6) is 0.363. The standard InChI is InChI=1S/C17H14ClNO2S/c1-10(20)11-6-7-14(18)15(8-11)19-17(21)13-9-22-16-5-3-2-4-12(13)16/h2-8,13H,9H2,1H3,(H,19,21)/t13-/m0/s1. The first-order chi connectivity index (χ1) is 10.6. The van der Waals surface area contributed by atoms with Gasteiger partial charge in [0.2, 0.25) is 5.91 Å². The second-order valence-corrected chi connectivity index (χ2v) is 6.61. The second-order valence-electron chi connectivity index (χ2n) is 5.14. The van der Waals surface area contributed by atoms with Crippen LogP contribution in [0.25, 0.3) is 0 Å². The average molecular weight is 332 g/mol. The molecule has 0 saturated carbocycles. The molecular formula is C17H14ClNO2S. The van der Waals surface area contributed by atoms with E-state index >= 15 is 0 Å². The van der Waals surface area contributed by atoms with E-state index in [-0.39, 0.29) is 17.6 Å². The molecule has 0 bridgehead atoms. The summed E-state index contributed by atoms with van der Waals surface area (Å²) in [6, 6.07) is 12.8. The summed E-state index contributed by atoms with van der Waals surface area (Å²) in [7, 11) is 0. The van der Waals surface area contributed by atoms with Crippen molar-refractivity contribution >= 4 is 40.7 Å². The highest BCUT2D eigenvalue weighted by molar-refractivity contribution is 7.99. The Morgan fingerprint density at radius 3 is 2.77 bits per heavy atom. The van der Waals surface area contributed by atoms with Crippen molar-refractivity contribution in [2.75, 3.05) is 11.1 Å². The Morgan fingerprint density at radius 1 is 1.23 bits per heavy atom. The van der Waals surface area contributed by atoms with Crippen molar-refractivity contribution in [1.29, 1.82) is 0 Å². The zero-order chi connectivity index (χ0) is 15.7. The number of rotatable bonds is 3. The maximum Gasteiger partial charge on any atom is 0.232 e. The molecule has 1 heterocycles. The third-order valence-electron chi connectivity index (χ3n) is 3.65. The molecule has 0 aromatic heterocycles. The van der Waals surface area contributed by atoms with Crippen molar-refractivity contribution in [2.45, 2.75) is 17.7 Å². The predicted molar refractivity (Wildman–Crippen MR) is 90.0 cm³/mol. The van der Waals surface area contributed by atoms with E-state index in [2.05, 4.69) is 5.32 Å². The Bertz CT molecular complexity index is 760. The quantitative estimate of drug-likeness (QED) is 0.849. The number of halogens is 1. The van der Waals surface area contributed by atoms with Crippen LogP contribution in [0.1, 0.15) is 28.8 Å². The van der Waals surface area contributed by atoms with E-state index in [0.717, 1.165) is 16.2 Å². The number of anilines is 1. The molecule has 0 aliphatic carbocycles. The molecule has 112 valence electrons. The first-order valence-electron chi connectivity index (χ1n) is 6.89. The Kier molecular flexibility index (Phi) is 4.23. The number of nitrogens with one attached hydrogen (secondary N) is 1. The number of ketones is 1. The molecule has 2 aromatic carbocycles. The molecule has 1 N–H and O–H groups in total. The van der Waals surface area contributed by atoms with Crippen LogP contribution in [-0.4, -0.2) is 17.4 Å². The van der Waals surface area contributed by atoms with Crippen LogP contribution in [0.5, 0.6) is 0 Å². The van der Waals surface area contributed by atoms with E-state index < -0.39 is 0 Å². The van der Waals surface area contributed by atoms with Gasteiger partial charge in [-0.2, -0.15) is 0 Å². The van der Waals surface area contributed by atoms with Gasteiger partial charge in [-0.1, -0.05) is 29.8 Å². The van der Waals surface area contributed by atoms with Gasteiger partial charge in [0.15, 0.2) is 5.78 Å². The van der Waals surface area contributed by atoms with Crippen LogP contribution >= 0.6 is 23.4 Å². The lowest BCUT2D eigenvalue weighted by Gasteiger charge is -2.13. The fourth-order valence-corrected chi connectivity index (χ4v) is 3.83. The third-order valence-corrected chi connectivity index (χ3v) is 5.16. The number of amides is 1. The summed E-state index contributed by atoms with van der Waals surface area (Å²) in [6.07, 6.45) is 0. The molecule has 22 heavy (non-hydrogen) atoms. The molecule has 1 aliphatic rings. The fourth-order valence-electron chi connectivity index (χ4n) is 2.44. The van der Waals surface area contributed by atoms with E-state index in [4.69, 9.17) is 11.6 Å². The Hall–Kier alpha value is -1.78. The zero-order valence-corrected chi connectivity index (χ0v) is 13.5. The van der Waals surface area contributed by atoms with Gasteiger partial charge in [-0.25, -0.2) is 0 Å². The van der Waals surface area contributed by atoms with Gasteiger partial charge in [0.05, 0.1) is 16.6 Å². The molecule has 0 radical (unpaired) electrons. The van der Waals surface area contributed by atoms with Crippen LogP contribution in [0.15, 0.2) is 47.4 Å². The molecule has 0 spiro atoms. The Labute approximate surface area is 138 Å². The highest BCUT2D eigenvalue weighted by Crippen LogP contribution is 2.40. The van der Waals surface area contributed by atoms with Gasteiger partial charge in [0.25, 0.3) is 0 Å². The van der Waals surface area contributed by atoms with Crippen LogP contribution in [-0.2, 0) is 4.79 Å². The van der Waals surface area contributed by atoms with E-state index in [0.29, 0.717) is 16.3 Å². The predicted octanol–water partition coefficient (Wildman–Crippen LogP) is 4.37. The minimum atomic E-state index is -0.196. The second kappa shape index (κ2) is 6.15. The van der Waals surface area contributed by atoms with Crippen molar-refractivity contribution < 1.29 is 9.59 Å². The van der Waals surface area contributed by atoms with Crippen LogP contribution in [0.3, 0.4) is 0 Å². The number of Topliss-reactive ketones (excluding diaryl/α,β-unsaturated/α-hetero) is 1. The number of hydrogen-bond donors (Lipinski definition) is 1. The number of hydrogen-bond acceptors (Lipinski definition) is 3. The number of thioether (sulfide) groups is 1. The van der Waals surface area contributed by atoms with Gasteiger partial charge in [0, 0.05) is 16.2 Å². The van der Waals surface area contributed by atoms with Gasteiger partial charge < -0.3 is 5.32 Å². The molecule has 3 rings (SSSR count). The summed E-state index contributed by atoms with van der Waals surface area (Å²) in [5.41, 5.74) is 2.05. The highest BCUT2D eigenvalue weighted by Gasteiger charge is 2.29. The van der Waals surface area contributed by atoms with Crippen LogP contribution in [0, 0.1) is 0 Å². The minimum absolute atomic E-state index is 0.0612. The SMILES string of the molecule is CC(=O)c1ccc(Cl)c(NC(=O)[C@H]2CSc3ccccc32)c1. The van der Waals surface area contributed by atoms with Crippen LogP contribution in [0.4, 0.5) is 5.69 Å². The molecule has 1 atom stereocenters. The van der Waals surface area contributed by atoms with Crippen molar-refractivity contribution in [2.24, 2.45) is 0 Å². The highest BCUT2D eigenvalue weighted by atomic mass is 35.5. The van der Waals surface area contributed by atoms with E-state index in [9.17, 15) is 9.59 Å². The van der Waals surface area contributed by atoms with Crippen LogP contribution in [0.2, 0.25) is 5.02 Å². The average Bonchev–Trinajstić information content (AvgIpc) is 2.93. The third kappa shape index (κ3) is 2.89. The van der Waals surface area contributed by atoms with E-state index in [1.807, 2.05) is 24.3 Å². The first kappa shape index (κ1) is 15.1. The molecule has 5 heteroatoms. The molecule has 1 amide bonds. The van der Waals surface area contributed by atoms with Crippen LogP contribution < -0.4 is 5.32 Å². The maximum absolute atomic E-state index is 12.5. The Balaban J connectivity index is 1.84. The van der Waals surface area contributed by atoms with Crippen molar-refractivity contribution in [3.05, 3.63) is 58.6 Å². The van der Waals surface area contributed by atoms with Crippen molar-refractivity contribution in [3.63, 3.8) is 0 Å². The summed E-state index contributed by atoms with van der Waals surface area (Å²) in [6.45, 7) is 1.48. The molecule has 0 unspecified atom stereocenters. The molecule has 0 fully saturated rings. The zero-order valence-electron chi connectivity index (χ0n) is 11.9. The monoisotopic (exact) mass is 331 g/mol. The summed E-state index contributed by atoms with van der Waals surface area (Å²) >= 11 is 7.80. The van der Waals surface area contributed by atoms with Crippen molar-refractivity contribution in [3.8, 4) is 0 Å². The lowest BCUT2D eigenvalue weighted by atomic mass is 10.0. The number of fused-ring (bicyclic) bond motifs is 1. The number of carbonyl (C=O) groups is 2. The van der Waals surface area contributed by atoms with Crippen molar-refractivity contribution in [1.82, 2.24) is 0 Å². The smallest absolute Gasteiger partial charge is 0.232 e. The fraction of sp³-hybridized carbons (Fsp3) is 0.176. The molecule has 3 nitrogen and oxygen atoms in total. The van der Waals surface area contributed by atoms with Gasteiger partial charge in [-0.15, -0.1) is 11.8 Å². The number of carbonyl (C=O) groups excluding carboxylic acids is 2. The Morgan fingerprint density at radius 2 is 2.00 bits per heavy atom. The van der Waals surface area contributed by atoms with Gasteiger partial charge in [-0.05, 0) is 36.8 Å². The lowest BCUT2D eigenvalue weighted by molar-refractivity contribution is -0.117. The maximum atomic E-state index is 12.5. The van der Waals surface area contributed by atoms with Gasteiger partial charge in [0.1, 0.15) is 0 Å². The normalized spacial score (nSPS) is 16.2. The van der Waals surface area contributed by atoms with E-state index in [1.54, 1.807) is 30.0 Å². The minimum Gasteiger partial charge on any atom is -0.324 e. The van der Waals surface area contributed by atoms with Gasteiger partial charge in [-0.3, -0.25) is 9.59 Å². The van der Waals surface area contributed by atoms with Gasteiger partial charge >= 0.3 is 0 Å². The largest absolute Gasteiger partial charge is 0.324 e. The lowest BCUT2D eigenvalue weighted by Crippen LogP contribution is -2.21. The topological polar surface area (TPSA) is 46.2 Å². The number of benzene rings is 2. The summed E-state index contributed by atoms with van der Waals surface area (Å²) < 4.78 is 0. The molecule has 2 aromatic rings. The summed E-state index contributed by atoms with van der Waals surface area (Å²) in [4.78, 5) is 25.1.